The largest absolute Gasteiger partial charge is 0.494 e. The molecule has 0 saturated heterocycles. The summed E-state index contributed by atoms with van der Waals surface area (Å²) in [5.41, 5.74) is 1.65. The second-order valence-corrected chi connectivity index (χ2v) is 9.49. The minimum atomic E-state index is -4.53. The molecular formula is C31H26F5N3O. The Bertz CT molecular complexity index is 1580. The fourth-order valence-corrected chi connectivity index (χ4v) is 4.49. The third-order valence-corrected chi connectivity index (χ3v) is 6.56. The van der Waals surface area contributed by atoms with Crippen LogP contribution < -0.4 is 4.74 Å². The van der Waals surface area contributed by atoms with Crippen molar-refractivity contribution in [3.8, 4) is 39.7 Å². The number of hydrogen-bond acceptors (Lipinski definition) is 3. The molecule has 3 aromatic carbocycles. The summed E-state index contributed by atoms with van der Waals surface area (Å²) in [6.45, 7) is 2.84. The van der Waals surface area contributed by atoms with E-state index in [1.165, 1.54) is 18.2 Å². The Hall–Kier alpha value is -4.27. The molecule has 2 heterocycles. The van der Waals surface area contributed by atoms with Crippen molar-refractivity contribution in [3.63, 3.8) is 0 Å². The van der Waals surface area contributed by atoms with Gasteiger partial charge in [0.2, 0.25) is 0 Å². The fraction of sp³-hybridized carbons (Fsp3) is 0.226. The highest BCUT2D eigenvalue weighted by molar-refractivity contribution is 5.70. The van der Waals surface area contributed by atoms with Crippen LogP contribution in [-0.2, 0) is 12.7 Å². The molecule has 0 N–H and O–H groups in total. The first kappa shape index (κ1) is 27.3. The summed E-state index contributed by atoms with van der Waals surface area (Å²) in [5.74, 6) is -1.69. The number of unbranched alkanes of at least 4 members (excludes halogenated alkanes) is 2. The third-order valence-electron chi connectivity index (χ3n) is 6.56. The zero-order valence-corrected chi connectivity index (χ0v) is 21.7. The maximum atomic E-state index is 14.2. The first-order valence-electron chi connectivity index (χ1n) is 12.9. The van der Waals surface area contributed by atoms with Gasteiger partial charge in [0.05, 0.1) is 23.4 Å². The Morgan fingerprint density at radius 2 is 1.62 bits per heavy atom. The van der Waals surface area contributed by atoms with Gasteiger partial charge < -0.3 is 9.30 Å². The van der Waals surface area contributed by atoms with Crippen molar-refractivity contribution in [2.45, 2.75) is 38.9 Å². The van der Waals surface area contributed by atoms with Crippen molar-refractivity contribution in [1.82, 2.24) is 14.5 Å². The Kier molecular flexibility index (Phi) is 7.82. The summed E-state index contributed by atoms with van der Waals surface area (Å²) >= 11 is 0. The molecule has 0 atom stereocenters. The first-order valence-corrected chi connectivity index (χ1v) is 12.9. The van der Waals surface area contributed by atoms with Crippen LogP contribution in [-0.4, -0.2) is 21.1 Å². The molecule has 0 unspecified atom stereocenters. The summed E-state index contributed by atoms with van der Waals surface area (Å²) in [6, 6.07) is 16.5. The van der Waals surface area contributed by atoms with Gasteiger partial charge in [0.15, 0.2) is 17.5 Å². The van der Waals surface area contributed by atoms with E-state index in [1.807, 2.05) is 11.5 Å². The first-order chi connectivity index (χ1) is 19.2. The molecule has 4 nitrogen and oxygen atoms in total. The molecule has 0 fully saturated rings. The molecule has 5 rings (SSSR count). The second-order valence-electron chi connectivity index (χ2n) is 9.49. The Morgan fingerprint density at radius 1 is 0.850 bits per heavy atom. The van der Waals surface area contributed by atoms with E-state index in [-0.39, 0.29) is 22.7 Å². The normalized spacial score (nSPS) is 11.8. The van der Waals surface area contributed by atoms with Gasteiger partial charge in [-0.05, 0) is 53.4 Å². The molecule has 0 amide bonds. The quantitative estimate of drug-likeness (QED) is 0.136. The molecule has 40 heavy (non-hydrogen) atoms. The van der Waals surface area contributed by atoms with Gasteiger partial charge in [0.1, 0.15) is 11.4 Å². The van der Waals surface area contributed by atoms with Gasteiger partial charge in [0, 0.05) is 18.9 Å². The molecular weight excluding hydrogens is 525 g/mol. The minimum Gasteiger partial charge on any atom is -0.494 e. The van der Waals surface area contributed by atoms with Crippen LogP contribution in [0.4, 0.5) is 22.0 Å². The maximum absolute atomic E-state index is 14.2. The Labute approximate surface area is 228 Å². The number of aromatic nitrogens is 3. The van der Waals surface area contributed by atoms with Crippen LogP contribution in [0.2, 0.25) is 0 Å². The van der Waals surface area contributed by atoms with E-state index in [0.717, 1.165) is 37.0 Å². The van der Waals surface area contributed by atoms with Crippen LogP contribution >= 0.6 is 0 Å². The maximum Gasteiger partial charge on any atom is 0.417 e. The minimum absolute atomic E-state index is 0.0207. The van der Waals surface area contributed by atoms with Crippen LogP contribution in [0.3, 0.4) is 0 Å². The number of imidazole rings is 1. The summed E-state index contributed by atoms with van der Waals surface area (Å²) in [5, 5.41) is 0. The highest BCUT2D eigenvalue weighted by Gasteiger charge is 2.34. The van der Waals surface area contributed by atoms with Crippen molar-refractivity contribution < 1.29 is 26.7 Å². The number of ether oxygens (including phenoxy) is 1. The third kappa shape index (κ3) is 5.98. The Morgan fingerprint density at radius 3 is 2.38 bits per heavy atom. The zero-order valence-electron chi connectivity index (χ0n) is 21.7. The van der Waals surface area contributed by atoms with Crippen LogP contribution in [0, 0.1) is 11.6 Å². The lowest BCUT2D eigenvalue weighted by Crippen LogP contribution is -2.08. The average molecular weight is 552 g/mol. The van der Waals surface area contributed by atoms with E-state index in [9.17, 15) is 22.0 Å². The number of pyridine rings is 1. The average Bonchev–Trinajstić information content (AvgIpc) is 3.36. The molecule has 9 heteroatoms. The number of halogens is 5. The number of alkyl halides is 3. The highest BCUT2D eigenvalue weighted by Crippen LogP contribution is 2.39. The van der Waals surface area contributed by atoms with E-state index in [1.54, 1.807) is 48.8 Å². The molecule has 0 bridgehead atoms. The molecule has 0 radical (unpaired) electrons. The van der Waals surface area contributed by atoms with Gasteiger partial charge in [-0.2, -0.15) is 13.2 Å². The molecule has 0 spiro atoms. The molecule has 0 aromatic heterocycles. The predicted molar refractivity (Wildman–Crippen MR) is 143 cm³/mol. The van der Waals surface area contributed by atoms with Crippen molar-refractivity contribution in [1.29, 1.82) is 0 Å². The molecule has 0 saturated carbocycles. The summed E-state index contributed by atoms with van der Waals surface area (Å²) in [4.78, 5) is 8.66. The lowest BCUT2D eigenvalue weighted by Gasteiger charge is -2.16. The van der Waals surface area contributed by atoms with Gasteiger partial charge >= 0.3 is 6.18 Å². The molecule has 3 aromatic rings. The predicted octanol–water partition coefficient (Wildman–Crippen LogP) is 8.63. The molecule has 2 aliphatic rings. The van der Waals surface area contributed by atoms with E-state index in [4.69, 9.17) is 4.74 Å². The lowest BCUT2D eigenvalue weighted by molar-refractivity contribution is -0.137. The van der Waals surface area contributed by atoms with E-state index < -0.39 is 23.4 Å². The van der Waals surface area contributed by atoms with Crippen molar-refractivity contribution in [2.75, 3.05) is 6.61 Å². The van der Waals surface area contributed by atoms with Crippen molar-refractivity contribution in [2.24, 2.45) is 0 Å². The van der Waals surface area contributed by atoms with Crippen LogP contribution in [0.5, 0.6) is 5.75 Å². The smallest absolute Gasteiger partial charge is 0.417 e. The topological polar surface area (TPSA) is 39.9 Å². The summed E-state index contributed by atoms with van der Waals surface area (Å²) < 4.78 is 76.9. The van der Waals surface area contributed by atoms with Gasteiger partial charge in [0.25, 0.3) is 0 Å². The number of rotatable bonds is 9. The summed E-state index contributed by atoms with van der Waals surface area (Å²) in [7, 11) is 0. The number of hydrogen-bond donors (Lipinski definition) is 0. The van der Waals surface area contributed by atoms with Crippen molar-refractivity contribution >= 4 is 0 Å². The zero-order chi connectivity index (χ0) is 28.3. The molecule has 206 valence electrons. The number of fused-ring (bicyclic) bond motifs is 1. The van der Waals surface area contributed by atoms with Gasteiger partial charge in [-0.3, -0.25) is 0 Å². The molecule has 2 aliphatic heterocycles. The van der Waals surface area contributed by atoms with Gasteiger partial charge in [-0.15, -0.1) is 0 Å². The van der Waals surface area contributed by atoms with E-state index in [2.05, 4.69) is 9.97 Å². The SMILES string of the molecule is CCCCCOc1ccc(-c2ccc(Cn3ccc4nc(-c5cccc(F)c5F)nc-4c3)cc2)c(C(F)(F)F)c1. The molecule has 0 aliphatic carbocycles. The monoisotopic (exact) mass is 551 g/mol. The van der Waals surface area contributed by atoms with Crippen molar-refractivity contribution in [3.05, 3.63) is 102 Å². The van der Waals surface area contributed by atoms with Crippen LogP contribution in [0.15, 0.2) is 79.1 Å². The van der Waals surface area contributed by atoms with Gasteiger partial charge in [-0.25, -0.2) is 18.7 Å². The highest BCUT2D eigenvalue weighted by atomic mass is 19.4. The van der Waals surface area contributed by atoms with Gasteiger partial charge in [-0.1, -0.05) is 56.2 Å². The number of nitrogens with zero attached hydrogens (tertiary/aromatic N) is 3. The Balaban J connectivity index is 1.35. The number of benzene rings is 3. The van der Waals surface area contributed by atoms with E-state index in [0.29, 0.717) is 30.1 Å². The van der Waals surface area contributed by atoms with E-state index >= 15 is 0 Å². The van der Waals surface area contributed by atoms with Crippen LogP contribution in [0.25, 0.3) is 33.9 Å². The lowest BCUT2D eigenvalue weighted by atomic mass is 9.98. The second kappa shape index (κ2) is 11.5. The standard InChI is InChI=1S/C31H26F5N3O/c1-2-3-4-16-40-22-12-13-23(25(17-22)31(34,35)36)21-10-8-20(9-11-21)18-39-15-14-27-28(19-39)38-30(37-27)24-6-5-7-26(32)29(24)33/h5-15,17,19H,2-4,16,18H2,1H3. The summed E-state index contributed by atoms with van der Waals surface area (Å²) in [6.07, 6.45) is 1.72. The fourth-order valence-electron chi connectivity index (χ4n) is 4.49. The van der Waals surface area contributed by atoms with Crippen LogP contribution in [0.1, 0.15) is 37.3 Å².